The van der Waals surface area contributed by atoms with Gasteiger partial charge in [0.1, 0.15) is 17.4 Å². The first-order chi connectivity index (χ1) is 9.29. The molecule has 1 atom stereocenters. The first kappa shape index (κ1) is 15.5. The van der Waals surface area contributed by atoms with Crippen LogP contribution in [0, 0.1) is 21.7 Å². The molecule has 0 aliphatic rings. The number of hydrogen-bond acceptors (Lipinski definition) is 4. The average Bonchev–Trinajstić information content (AvgIpc) is 2.35. The van der Waals surface area contributed by atoms with Crippen LogP contribution in [0.1, 0.15) is 23.7 Å². The van der Waals surface area contributed by atoms with E-state index in [9.17, 15) is 28.5 Å². The Balaban J connectivity index is 3.19. The highest BCUT2D eigenvalue weighted by molar-refractivity contribution is 5.97. The van der Waals surface area contributed by atoms with Crippen LogP contribution in [-0.4, -0.2) is 27.9 Å². The predicted octanol–water partition coefficient (Wildman–Crippen LogP) is 1.47. The van der Waals surface area contributed by atoms with Crippen LogP contribution in [0.15, 0.2) is 12.1 Å². The number of nitro groups is 1. The van der Waals surface area contributed by atoms with E-state index in [1.54, 1.807) is 0 Å². The third-order valence-corrected chi connectivity index (χ3v) is 2.51. The van der Waals surface area contributed by atoms with Crippen molar-refractivity contribution in [2.75, 3.05) is 0 Å². The van der Waals surface area contributed by atoms with Gasteiger partial charge in [-0.15, -0.1) is 0 Å². The van der Waals surface area contributed by atoms with E-state index in [1.165, 1.54) is 6.92 Å². The molecule has 0 aromatic heterocycles. The maximum absolute atomic E-state index is 13.7. The lowest BCUT2D eigenvalue weighted by molar-refractivity contribution is -0.387. The van der Waals surface area contributed by atoms with Crippen molar-refractivity contribution in [2.24, 2.45) is 0 Å². The molecule has 1 rings (SSSR count). The number of carboxylic acid groups (broad SMARTS) is 1. The summed E-state index contributed by atoms with van der Waals surface area (Å²) in [5, 5.41) is 21.1. The number of carboxylic acids is 1. The van der Waals surface area contributed by atoms with Crippen molar-refractivity contribution in [1.29, 1.82) is 0 Å². The number of aliphatic carboxylic acids is 1. The molecule has 1 unspecified atom stereocenters. The summed E-state index contributed by atoms with van der Waals surface area (Å²) in [6, 6.07) is -0.200. The van der Waals surface area contributed by atoms with E-state index < -0.39 is 45.7 Å². The molecular formula is C11H10F2N2O5. The molecule has 0 fully saturated rings. The highest BCUT2D eigenvalue weighted by Crippen LogP contribution is 2.23. The quantitative estimate of drug-likeness (QED) is 0.629. The molecule has 108 valence electrons. The summed E-state index contributed by atoms with van der Waals surface area (Å²) in [6.07, 6.45) is -0.0146. The molecule has 0 bridgehead atoms. The number of carbonyl (C=O) groups is 2. The summed E-state index contributed by atoms with van der Waals surface area (Å²) in [4.78, 5) is 31.8. The van der Waals surface area contributed by atoms with Gasteiger partial charge < -0.3 is 10.4 Å². The number of carbonyl (C=O) groups excluding carboxylic acids is 1. The van der Waals surface area contributed by atoms with E-state index >= 15 is 0 Å². The van der Waals surface area contributed by atoms with Crippen LogP contribution in [0.4, 0.5) is 14.5 Å². The fourth-order valence-electron chi connectivity index (χ4n) is 1.46. The van der Waals surface area contributed by atoms with Gasteiger partial charge in [-0.3, -0.25) is 14.9 Å². The zero-order valence-corrected chi connectivity index (χ0v) is 10.2. The lowest BCUT2D eigenvalue weighted by Gasteiger charge is -2.12. The molecule has 0 heterocycles. The molecule has 1 aromatic carbocycles. The first-order valence-electron chi connectivity index (χ1n) is 5.45. The topological polar surface area (TPSA) is 110 Å². The van der Waals surface area contributed by atoms with Gasteiger partial charge in [-0.2, -0.15) is 4.39 Å². The normalized spacial score (nSPS) is 11.8. The summed E-state index contributed by atoms with van der Waals surface area (Å²) in [7, 11) is 0. The van der Waals surface area contributed by atoms with E-state index in [0.717, 1.165) is 0 Å². The summed E-state index contributed by atoms with van der Waals surface area (Å²) < 4.78 is 27.1. The Morgan fingerprint density at radius 2 is 2.05 bits per heavy atom. The number of benzene rings is 1. The molecule has 0 saturated carbocycles. The van der Waals surface area contributed by atoms with Gasteiger partial charge in [-0.25, -0.2) is 9.18 Å². The highest BCUT2D eigenvalue weighted by Gasteiger charge is 2.28. The molecule has 0 aliphatic heterocycles. The van der Waals surface area contributed by atoms with Crippen LogP contribution in [-0.2, 0) is 4.79 Å². The van der Waals surface area contributed by atoms with Gasteiger partial charge in [-0.05, 0) is 12.5 Å². The average molecular weight is 288 g/mol. The smallest absolute Gasteiger partial charge is 0.326 e. The SMILES string of the molecule is CCC(NC(=O)c1c(F)ccc([N+](=O)[O-])c1F)C(=O)O. The molecule has 1 aromatic rings. The zero-order chi connectivity index (χ0) is 15.4. The maximum atomic E-state index is 13.7. The van der Waals surface area contributed by atoms with Crippen molar-refractivity contribution in [3.05, 3.63) is 39.4 Å². The number of halogens is 2. The number of rotatable bonds is 5. The first-order valence-corrected chi connectivity index (χ1v) is 5.45. The fraction of sp³-hybridized carbons (Fsp3) is 0.273. The minimum Gasteiger partial charge on any atom is -0.480 e. The minimum atomic E-state index is -1.65. The van der Waals surface area contributed by atoms with Crippen molar-refractivity contribution in [3.8, 4) is 0 Å². The van der Waals surface area contributed by atoms with Gasteiger partial charge in [0.2, 0.25) is 5.82 Å². The summed E-state index contributed by atoms with van der Waals surface area (Å²) in [5.74, 6) is -5.70. The number of amides is 1. The molecule has 9 heteroatoms. The number of nitrogens with zero attached hydrogens (tertiary/aromatic N) is 1. The predicted molar refractivity (Wildman–Crippen MR) is 62.2 cm³/mol. The third kappa shape index (κ3) is 3.05. The zero-order valence-electron chi connectivity index (χ0n) is 10.2. The van der Waals surface area contributed by atoms with Gasteiger partial charge in [0, 0.05) is 6.07 Å². The van der Waals surface area contributed by atoms with Gasteiger partial charge in [0.05, 0.1) is 4.92 Å². The Hall–Kier alpha value is -2.58. The van der Waals surface area contributed by atoms with Crippen molar-refractivity contribution < 1.29 is 28.4 Å². The fourth-order valence-corrected chi connectivity index (χ4v) is 1.46. The molecule has 0 radical (unpaired) electrons. The van der Waals surface area contributed by atoms with Crippen molar-refractivity contribution >= 4 is 17.6 Å². The minimum absolute atomic E-state index is 0.0146. The van der Waals surface area contributed by atoms with Crippen LogP contribution < -0.4 is 5.32 Å². The number of nitro benzene ring substituents is 1. The van der Waals surface area contributed by atoms with Crippen LogP contribution in [0.3, 0.4) is 0 Å². The van der Waals surface area contributed by atoms with E-state index in [0.29, 0.717) is 12.1 Å². The lowest BCUT2D eigenvalue weighted by Crippen LogP contribution is -2.41. The second-order valence-electron chi connectivity index (χ2n) is 3.79. The molecule has 7 nitrogen and oxygen atoms in total. The monoisotopic (exact) mass is 288 g/mol. The Bertz CT molecular complexity index is 576. The van der Waals surface area contributed by atoms with E-state index in [1.807, 2.05) is 5.32 Å². The summed E-state index contributed by atoms with van der Waals surface area (Å²) in [6.45, 7) is 1.44. The highest BCUT2D eigenvalue weighted by atomic mass is 19.1. The standard InChI is InChI=1S/C11H10F2N2O5/c1-2-6(11(17)18)14-10(16)8-5(12)3-4-7(9(8)13)15(19)20/h3-4,6H,2H2,1H3,(H,14,16)(H,17,18). The molecule has 1 amide bonds. The molecule has 0 aliphatic carbocycles. The largest absolute Gasteiger partial charge is 0.480 e. The van der Waals surface area contributed by atoms with Crippen LogP contribution in [0.5, 0.6) is 0 Å². The van der Waals surface area contributed by atoms with E-state index in [2.05, 4.69) is 0 Å². The number of hydrogen-bond donors (Lipinski definition) is 2. The third-order valence-electron chi connectivity index (χ3n) is 2.51. The summed E-state index contributed by atoms with van der Waals surface area (Å²) >= 11 is 0. The van der Waals surface area contributed by atoms with Crippen LogP contribution >= 0.6 is 0 Å². The van der Waals surface area contributed by atoms with Gasteiger partial charge in [0.25, 0.3) is 5.91 Å². The Labute approximate surface area is 111 Å². The Morgan fingerprint density at radius 3 is 2.50 bits per heavy atom. The molecule has 20 heavy (non-hydrogen) atoms. The van der Waals surface area contributed by atoms with Gasteiger partial charge in [-0.1, -0.05) is 6.92 Å². The molecular weight excluding hydrogens is 278 g/mol. The maximum Gasteiger partial charge on any atom is 0.326 e. The lowest BCUT2D eigenvalue weighted by atomic mass is 10.1. The second kappa shape index (κ2) is 6.04. The Kier molecular flexibility index (Phi) is 4.68. The van der Waals surface area contributed by atoms with Crippen molar-refractivity contribution in [1.82, 2.24) is 5.32 Å². The van der Waals surface area contributed by atoms with Crippen molar-refractivity contribution in [3.63, 3.8) is 0 Å². The van der Waals surface area contributed by atoms with E-state index in [4.69, 9.17) is 5.11 Å². The van der Waals surface area contributed by atoms with Crippen LogP contribution in [0.2, 0.25) is 0 Å². The van der Waals surface area contributed by atoms with Crippen molar-refractivity contribution in [2.45, 2.75) is 19.4 Å². The molecule has 0 saturated heterocycles. The number of nitrogens with one attached hydrogen (secondary N) is 1. The second-order valence-corrected chi connectivity index (χ2v) is 3.79. The van der Waals surface area contributed by atoms with Gasteiger partial charge >= 0.3 is 11.7 Å². The summed E-state index contributed by atoms with van der Waals surface area (Å²) in [5.41, 5.74) is -2.25. The van der Waals surface area contributed by atoms with E-state index in [-0.39, 0.29) is 6.42 Å². The molecule has 2 N–H and O–H groups in total. The van der Waals surface area contributed by atoms with Crippen LogP contribution in [0.25, 0.3) is 0 Å². The van der Waals surface area contributed by atoms with Gasteiger partial charge in [0.15, 0.2) is 0 Å². The molecule has 0 spiro atoms. The Morgan fingerprint density at radius 1 is 1.45 bits per heavy atom.